The minimum atomic E-state index is -3.61. The Labute approximate surface area is 96.9 Å². The first-order chi connectivity index (χ1) is 6.64. The number of hydrogen-bond acceptors (Lipinski definition) is 3. The number of nitrogens with zero attached hydrogens (tertiary/aromatic N) is 2. The molecule has 0 heterocycles. The van der Waals surface area contributed by atoms with Crippen molar-refractivity contribution in [3.63, 3.8) is 0 Å². The standard InChI is InChI=1S/C6H19N4O2PS2/c1-4-5-6-10(13(7,8)14)15(11,12)9(2)3/h4-6H2,1-3H3,(H4,7,8,14). The summed E-state index contributed by atoms with van der Waals surface area (Å²) >= 11 is 4.87. The molecular formula is C6H19N4O2PS2. The Balaban J connectivity index is 5.05. The molecule has 0 aliphatic carbocycles. The zero-order valence-electron chi connectivity index (χ0n) is 9.25. The van der Waals surface area contributed by atoms with Crippen LogP contribution in [-0.4, -0.2) is 37.4 Å². The Morgan fingerprint density at radius 1 is 1.33 bits per heavy atom. The van der Waals surface area contributed by atoms with Gasteiger partial charge in [-0.15, -0.1) is 4.08 Å². The molecule has 0 radical (unpaired) electrons. The highest BCUT2D eigenvalue weighted by molar-refractivity contribution is 8.15. The van der Waals surface area contributed by atoms with Crippen molar-refractivity contribution in [2.45, 2.75) is 19.8 Å². The average molecular weight is 274 g/mol. The fraction of sp³-hybridized carbons (Fsp3) is 1.00. The molecule has 0 aromatic heterocycles. The van der Waals surface area contributed by atoms with Crippen LogP contribution in [0.4, 0.5) is 0 Å². The Hall–Kier alpha value is 0.440. The molecule has 9 heteroatoms. The van der Waals surface area contributed by atoms with Crippen LogP contribution in [0.15, 0.2) is 0 Å². The maximum atomic E-state index is 11.8. The van der Waals surface area contributed by atoms with Crippen LogP contribution in [0, 0.1) is 0 Å². The van der Waals surface area contributed by atoms with Crippen molar-refractivity contribution in [1.29, 1.82) is 0 Å². The zero-order valence-corrected chi connectivity index (χ0v) is 11.8. The number of hydrogen-bond donors (Lipinski definition) is 2. The van der Waals surface area contributed by atoms with Gasteiger partial charge in [-0.2, -0.15) is 12.7 Å². The highest BCUT2D eigenvalue weighted by Crippen LogP contribution is 2.36. The summed E-state index contributed by atoms with van der Waals surface area (Å²) in [7, 11) is -0.747. The first kappa shape index (κ1) is 15.4. The summed E-state index contributed by atoms with van der Waals surface area (Å²) in [5.41, 5.74) is 11.1. The van der Waals surface area contributed by atoms with Crippen LogP contribution < -0.4 is 11.0 Å². The van der Waals surface area contributed by atoms with Gasteiger partial charge in [0.1, 0.15) is 6.49 Å². The summed E-state index contributed by atoms with van der Waals surface area (Å²) in [4.78, 5) is 0. The van der Waals surface area contributed by atoms with E-state index < -0.39 is 16.7 Å². The second kappa shape index (κ2) is 5.67. The van der Waals surface area contributed by atoms with Crippen molar-refractivity contribution in [2.75, 3.05) is 20.6 Å². The molecule has 0 spiro atoms. The Morgan fingerprint density at radius 2 is 1.80 bits per heavy atom. The maximum absolute atomic E-state index is 11.8. The molecule has 15 heavy (non-hydrogen) atoms. The molecule has 0 aliphatic heterocycles. The van der Waals surface area contributed by atoms with Crippen molar-refractivity contribution in [3.05, 3.63) is 0 Å². The molecule has 0 atom stereocenters. The highest BCUT2D eigenvalue weighted by atomic mass is 32.5. The van der Waals surface area contributed by atoms with Crippen molar-refractivity contribution in [1.82, 2.24) is 8.38 Å². The Kier molecular flexibility index (Phi) is 5.84. The van der Waals surface area contributed by atoms with Crippen LogP contribution in [0.2, 0.25) is 0 Å². The average Bonchev–Trinajstić information content (AvgIpc) is 2.01. The molecule has 0 aliphatic rings. The quantitative estimate of drug-likeness (QED) is 0.667. The van der Waals surface area contributed by atoms with E-state index in [9.17, 15) is 8.42 Å². The monoisotopic (exact) mass is 274 g/mol. The van der Waals surface area contributed by atoms with Gasteiger partial charge in [0, 0.05) is 20.6 Å². The first-order valence-electron chi connectivity index (χ1n) is 4.52. The van der Waals surface area contributed by atoms with E-state index >= 15 is 0 Å². The van der Waals surface area contributed by atoms with Gasteiger partial charge in [-0.1, -0.05) is 13.3 Å². The third-order valence-corrected chi connectivity index (χ3v) is 6.65. The molecule has 0 amide bonds. The summed E-state index contributed by atoms with van der Waals surface area (Å²) in [6.07, 6.45) is 1.55. The van der Waals surface area contributed by atoms with Crippen LogP contribution in [-0.2, 0) is 22.0 Å². The molecular weight excluding hydrogens is 255 g/mol. The molecule has 6 nitrogen and oxygen atoms in total. The van der Waals surface area contributed by atoms with Gasteiger partial charge in [-0.05, 0) is 18.2 Å². The summed E-state index contributed by atoms with van der Waals surface area (Å²) in [5, 5.41) is 0. The number of unbranched alkanes of at least 4 members (excludes halogenated alkanes) is 1. The zero-order chi connectivity index (χ0) is 12.3. The molecule has 4 N–H and O–H groups in total. The molecule has 0 aromatic carbocycles. The highest BCUT2D eigenvalue weighted by Gasteiger charge is 2.31. The van der Waals surface area contributed by atoms with Gasteiger partial charge in [-0.25, -0.2) is 0 Å². The van der Waals surface area contributed by atoms with Crippen molar-refractivity contribution >= 4 is 28.5 Å². The lowest BCUT2D eigenvalue weighted by Crippen LogP contribution is -2.41. The summed E-state index contributed by atoms with van der Waals surface area (Å²) in [5.74, 6) is 0. The number of rotatable bonds is 6. The summed E-state index contributed by atoms with van der Waals surface area (Å²) in [6.45, 7) is -0.710. The van der Waals surface area contributed by atoms with Gasteiger partial charge in [0.2, 0.25) is 0 Å². The molecule has 0 bridgehead atoms. The molecule has 0 rings (SSSR count). The lowest BCUT2D eigenvalue weighted by atomic mass is 10.3. The van der Waals surface area contributed by atoms with E-state index in [4.69, 9.17) is 22.8 Å². The molecule has 0 aromatic rings. The van der Waals surface area contributed by atoms with Gasteiger partial charge in [0.05, 0.1) is 0 Å². The summed E-state index contributed by atoms with van der Waals surface area (Å²) < 4.78 is 25.8. The Bertz CT molecular complexity index is 337. The second-order valence-corrected chi connectivity index (χ2v) is 9.28. The van der Waals surface area contributed by atoms with Gasteiger partial charge in [0.15, 0.2) is 0 Å². The van der Waals surface area contributed by atoms with Crippen LogP contribution in [0.5, 0.6) is 0 Å². The maximum Gasteiger partial charge on any atom is 0.287 e. The van der Waals surface area contributed by atoms with Crippen LogP contribution >= 0.6 is 6.49 Å². The minimum Gasteiger partial charge on any atom is -0.279 e. The molecule has 92 valence electrons. The van der Waals surface area contributed by atoms with Gasteiger partial charge in [-0.3, -0.25) is 11.0 Å². The molecule has 0 saturated heterocycles. The first-order valence-corrected chi connectivity index (χ1v) is 8.81. The minimum absolute atomic E-state index is 0.279. The Morgan fingerprint density at radius 3 is 2.07 bits per heavy atom. The number of nitrogens with two attached hydrogens (primary N) is 2. The summed E-state index contributed by atoms with van der Waals surface area (Å²) in [6, 6.07) is 0. The van der Waals surface area contributed by atoms with Crippen molar-refractivity contribution < 1.29 is 8.42 Å². The normalized spacial score (nSPS) is 13.8. The molecule has 0 fully saturated rings. The van der Waals surface area contributed by atoms with Crippen molar-refractivity contribution in [3.8, 4) is 0 Å². The topological polar surface area (TPSA) is 92.7 Å². The van der Waals surface area contributed by atoms with E-state index in [2.05, 4.69) is 0 Å². The van der Waals surface area contributed by atoms with Gasteiger partial charge in [0.25, 0.3) is 10.2 Å². The lowest BCUT2D eigenvalue weighted by molar-refractivity contribution is 0.461. The van der Waals surface area contributed by atoms with E-state index in [-0.39, 0.29) is 6.54 Å². The van der Waals surface area contributed by atoms with Crippen LogP contribution in [0.3, 0.4) is 0 Å². The van der Waals surface area contributed by atoms with E-state index in [1.807, 2.05) is 6.92 Å². The van der Waals surface area contributed by atoms with Crippen LogP contribution in [0.1, 0.15) is 19.8 Å². The van der Waals surface area contributed by atoms with Gasteiger partial charge < -0.3 is 0 Å². The van der Waals surface area contributed by atoms with E-state index in [0.717, 1.165) is 14.8 Å². The predicted molar refractivity (Wildman–Crippen MR) is 66.9 cm³/mol. The fourth-order valence-electron chi connectivity index (χ4n) is 0.915. The largest absolute Gasteiger partial charge is 0.287 e. The molecule has 0 saturated carbocycles. The lowest BCUT2D eigenvalue weighted by Gasteiger charge is -2.29. The molecule has 0 unspecified atom stereocenters. The second-order valence-electron chi connectivity index (χ2n) is 3.36. The van der Waals surface area contributed by atoms with Crippen molar-refractivity contribution in [2.24, 2.45) is 11.0 Å². The van der Waals surface area contributed by atoms with E-state index in [1.54, 1.807) is 0 Å². The van der Waals surface area contributed by atoms with Gasteiger partial charge >= 0.3 is 0 Å². The third-order valence-electron chi connectivity index (χ3n) is 1.78. The van der Waals surface area contributed by atoms with E-state index in [0.29, 0.717) is 6.42 Å². The smallest absolute Gasteiger partial charge is 0.279 e. The predicted octanol–water partition coefficient (Wildman–Crippen LogP) is 0.0368. The SMILES string of the molecule is CCCCN(P(N)(N)=S)S(=O)(=O)N(C)C. The van der Waals surface area contributed by atoms with Crippen LogP contribution in [0.25, 0.3) is 0 Å². The third kappa shape index (κ3) is 4.44. The van der Waals surface area contributed by atoms with E-state index in [1.165, 1.54) is 14.1 Å². The fourth-order valence-corrected chi connectivity index (χ4v) is 4.84.